The van der Waals surface area contributed by atoms with E-state index < -0.39 is 0 Å². The van der Waals surface area contributed by atoms with Crippen LogP contribution in [0.4, 0.5) is 5.69 Å². The molecule has 4 nitrogen and oxygen atoms in total. The van der Waals surface area contributed by atoms with E-state index in [2.05, 4.69) is 35.1 Å². The lowest BCUT2D eigenvalue weighted by Gasteiger charge is -2.21. The van der Waals surface area contributed by atoms with Gasteiger partial charge in [0.2, 0.25) is 11.8 Å². The van der Waals surface area contributed by atoms with Gasteiger partial charge in [0.15, 0.2) is 0 Å². The lowest BCUT2D eigenvalue weighted by Crippen LogP contribution is -2.37. The summed E-state index contributed by atoms with van der Waals surface area (Å²) < 4.78 is 0.948. The molecular weight excluding hydrogens is 332 g/mol. The second-order valence-corrected chi connectivity index (χ2v) is 6.49. The number of anilines is 1. The molecule has 0 aliphatic heterocycles. The standard InChI is InChI=1S/C16H23BrN2O2/c1-11(2)7-8-19(13(4)20)10-16(21)18-14-6-5-12(3)15(17)9-14/h5-6,9,11H,7-8,10H2,1-4H3,(H,18,21). The summed E-state index contributed by atoms with van der Waals surface area (Å²) in [5.74, 6) is 0.253. The Morgan fingerprint density at radius 1 is 1.33 bits per heavy atom. The molecular formula is C16H23BrN2O2. The Morgan fingerprint density at radius 3 is 2.52 bits per heavy atom. The van der Waals surface area contributed by atoms with E-state index in [4.69, 9.17) is 0 Å². The highest BCUT2D eigenvalue weighted by Gasteiger charge is 2.14. The van der Waals surface area contributed by atoms with Crippen LogP contribution in [0, 0.1) is 12.8 Å². The molecule has 0 heterocycles. The number of benzene rings is 1. The Kier molecular flexibility index (Phi) is 6.89. The normalized spacial score (nSPS) is 10.6. The fourth-order valence-corrected chi connectivity index (χ4v) is 2.19. The van der Waals surface area contributed by atoms with Crippen LogP contribution in [-0.2, 0) is 9.59 Å². The van der Waals surface area contributed by atoms with Crippen LogP contribution in [-0.4, -0.2) is 29.8 Å². The first kappa shape index (κ1) is 17.7. The average molecular weight is 355 g/mol. The lowest BCUT2D eigenvalue weighted by atomic mass is 10.1. The van der Waals surface area contributed by atoms with E-state index in [-0.39, 0.29) is 18.4 Å². The van der Waals surface area contributed by atoms with Gasteiger partial charge in [0.1, 0.15) is 0 Å². The molecule has 0 radical (unpaired) electrons. The summed E-state index contributed by atoms with van der Waals surface area (Å²) in [6.07, 6.45) is 0.892. The summed E-state index contributed by atoms with van der Waals surface area (Å²) in [4.78, 5) is 25.2. The third-order valence-electron chi connectivity index (χ3n) is 3.21. The van der Waals surface area contributed by atoms with E-state index in [1.54, 1.807) is 4.90 Å². The third kappa shape index (κ3) is 6.29. The number of aryl methyl sites for hydroxylation is 1. The first-order valence-corrected chi connectivity index (χ1v) is 7.90. The zero-order valence-corrected chi connectivity index (χ0v) is 14.7. The van der Waals surface area contributed by atoms with Gasteiger partial charge in [-0.15, -0.1) is 0 Å². The van der Waals surface area contributed by atoms with E-state index in [9.17, 15) is 9.59 Å². The van der Waals surface area contributed by atoms with Gasteiger partial charge >= 0.3 is 0 Å². The molecule has 0 aromatic heterocycles. The Morgan fingerprint density at radius 2 is 2.00 bits per heavy atom. The van der Waals surface area contributed by atoms with Gasteiger partial charge < -0.3 is 10.2 Å². The van der Waals surface area contributed by atoms with E-state index >= 15 is 0 Å². The van der Waals surface area contributed by atoms with Gasteiger partial charge in [0, 0.05) is 23.6 Å². The van der Waals surface area contributed by atoms with Gasteiger partial charge in [0.25, 0.3) is 0 Å². The van der Waals surface area contributed by atoms with Crippen molar-refractivity contribution in [1.82, 2.24) is 4.90 Å². The fraction of sp³-hybridized carbons (Fsp3) is 0.500. The van der Waals surface area contributed by atoms with E-state index in [0.29, 0.717) is 12.5 Å². The van der Waals surface area contributed by atoms with Crippen molar-refractivity contribution >= 4 is 33.4 Å². The zero-order valence-electron chi connectivity index (χ0n) is 13.1. The van der Waals surface area contributed by atoms with Crippen LogP contribution in [0.5, 0.6) is 0 Å². The van der Waals surface area contributed by atoms with Gasteiger partial charge in [-0.25, -0.2) is 0 Å². The summed E-state index contributed by atoms with van der Waals surface area (Å²) in [5.41, 5.74) is 1.83. The Bertz CT molecular complexity index is 515. The van der Waals surface area contributed by atoms with Crippen LogP contribution in [0.25, 0.3) is 0 Å². The maximum absolute atomic E-state index is 12.0. The van der Waals surface area contributed by atoms with E-state index in [1.165, 1.54) is 6.92 Å². The molecule has 2 amide bonds. The molecule has 0 saturated heterocycles. The van der Waals surface area contributed by atoms with Gasteiger partial charge in [-0.2, -0.15) is 0 Å². The van der Waals surface area contributed by atoms with Crippen molar-refractivity contribution in [2.45, 2.75) is 34.1 Å². The van der Waals surface area contributed by atoms with Crippen molar-refractivity contribution in [3.05, 3.63) is 28.2 Å². The van der Waals surface area contributed by atoms with Crippen LogP contribution >= 0.6 is 15.9 Å². The lowest BCUT2D eigenvalue weighted by molar-refractivity contribution is -0.132. The van der Waals surface area contributed by atoms with Gasteiger partial charge in [-0.1, -0.05) is 35.8 Å². The number of rotatable bonds is 6. The molecule has 21 heavy (non-hydrogen) atoms. The second-order valence-electron chi connectivity index (χ2n) is 5.64. The molecule has 0 unspecified atom stereocenters. The maximum atomic E-state index is 12.0. The Labute approximate surface area is 135 Å². The molecule has 116 valence electrons. The molecule has 0 saturated carbocycles. The van der Waals surface area contributed by atoms with Crippen molar-refractivity contribution in [1.29, 1.82) is 0 Å². The molecule has 0 bridgehead atoms. The number of carbonyl (C=O) groups excluding carboxylic acids is 2. The largest absolute Gasteiger partial charge is 0.334 e. The minimum Gasteiger partial charge on any atom is -0.334 e. The fourth-order valence-electron chi connectivity index (χ4n) is 1.81. The molecule has 0 aliphatic carbocycles. The molecule has 0 atom stereocenters. The average Bonchev–Trinajstić information content (AvgIpc) is 2.38. The minimum absolute atomic E-state index is 0.0733. The molecule has 1 aromatic carbocycles. The van der Waals surface area contributed by atoms with Crippen molar-refractivity contribution in [3.63, 3.8) is 0 Å². The van der Waals surface area contributed by atoms with Crippen molar-refractivity contribution in [3.8, 4) is 0 Å². The zero-order chi connectivity index (χ0) is 16.0. The van der Waals surface area contributed by atoms with Crippen LogP contribution in [0.1, 0.15) is 32.8 Å². The summed E-state index contributed by atoms with van der Waals surface area (Å²) >= 11 is 3.44. The quantitative estimate of drug-likeness (QED) is 0.848. The van der Waals surface area contributed by atoms with Crippen LogP contribution < -0.4 is 5.32 Å². The summed E-state index contributed by atoms with van der Waals surface area (Å²) in [7, 11) is 0. The molecule has 1 N–H and O–H groups in total. The van der Waals surface area contributed by atoms with Gasteiger partial charge in [-0.05, 0) is 37.0 Å². The number of carbonyl (C=O) groups is 2. The van der Waals surface area contributed by atoms with Crippen molar-refractivity contribution < 1.29 is 9.59 Å². The first-order valence-electron chi connectivity index (χ1n) is 7.11. The minimum atomic E-state index is -0.176. The second kappa shape index (κ2) is 8.17. The highest BCUT2D eigenvalue weighted by Crippen LogP contribution is 2.20. The Balaban J connectivity index is 2.60. The molecule has 0 aliphatic rings. The smallest absolute Gasteiger partial charge is 0.243 e. The molecule has 5 heteroatoms. The van der Waals surface area contributed by atoms with Crippen LogP contribution in [0.3, 0.4) is 0 Å². The monoisotopic (exact) mass is 354 g/mol. The van der Waals surface area contributed by atoms with E-state index in [0.717, 1.165) is 22.1 Å². The topological polar surface area (TPSA) is 49.4 Å². The molecule has 0 spiro atoms. The van der Waals surface area contributed by atoms with Crippen molar-refractivity contribution in [2.24, 2.45) is 5.92 Å². The summed E-state index contributed by atoms with van der Waals surface area (Å²) in [5, 5.41) is 2.82. The maximum Gasteiger partial charge on any atom is 0.243 e. The third-order valence-corrected chi connectivity index (χ3v) is 4.07. The predicted molar refractivity (Wildman–Crippen MR) is 89.2 cm³/mol. The van der Waals surface area contributed by atoms with Gasteiger partial charge in [-0.3, -0.25) is 9.59 Å². The SMILES string of the molecule is CC(=O)N(CCC(C)C)CC(=O)Nc1ccc(C)c(Br)c1. The number of hydrogen-bond acceptors (Lipinski definition) is 2. The molecule has 1 rings (SSSR count). The highest BCUT2D eigenvalue weighted by atomic mass is 79.9. The number of amides is 2. The first-order chi connectivity index (χ1) is 9.79. The highest BCUT2D eigenvalue weighted by molar-refractivity contribution is 9.10. The van der Waals surface area contributed by atoms with Crippen LogP contribution in [0.15, 0.2) is 22.7 Å². The number of nitrogens with zero attached hydrogens (tertiary/aromatic N) is 1. The van der Waals surface area contributed by atoms with E-state index in [1.807, 2.05) is 25.1 Å². The van der Waals surface area contributed by atoms with Crippen LogP contribution in [0.2, 0.25) is 0 Å². The number of hydrogen-bond donors (Lipinski definition) is 1. The summed E-state index contributed by atoms with van der Waals surface area (Å²) in [6, 6.07) is 5.64. The Hall–Kier alpha value is -1.36. The molecule has 0 fully saturated rings. The van der Waals surface area contributed by atoms with Crippen molar-refractivity contribution in [2.75, 3.05) is 18.4 Å². The summed E-state index contributed by atoms with van der Waals surface area (Å²) in [6.45, 7) is 8.38. The number of halogens is 1. The number of nitrogens with one attached hydrogen (secondary N) is 1. The predicted octanol–water partition coefficient (Wildman–Crippen LogP) is 3.59. The van der Waals surface area contributed by atoms with Gasteiger partial charge in [0.05, 0.1) is 6.54 Å². The molecule has 1 aromatic rings.